The SMILES string of the molecule is CCNC(C)CN1CCCCC1CC. The quantitative estimate of drug-likeness (QED) is 0.729. The van der Waals surface area contributed by atoms with Crippen molar-refractivity contribution >= 4 is 0 Å². The molecule has 0 saturated carbocycles. The maximum Gasteiger partial charge on any atom is 0.0166 e. The second kappa shape index (κ2) is 6.41. The minimum Gasteiger partial charge on any atom is -0.313 e. The van der Waals surface area contributed by atoms with Crippen LogP contribution in [0.4, 0.5) is 0 Å². The van der Waals surface area contributed by atoms with Crippen molar-refractivity contribution in [1.29, 1.82) is 0 Å². The van der Waals surface area contributed by atoms with Crippen molar-refractivity contribution in [3.05, 3.63) is 0 Å². The lowest BCUT2D eigenvalue weighted by Crippen LogP contribution is -2.46. The van der Waals surface area contributed by atoms with Gasteiger partial charge in [-0.25, -0.2) is 0 Å². The van der Waals surface area contributed by atoms with Gasteiger partial charge in [-0.05, 0) is 39.3 Å². The van der Waals surface area contributed by atoms with E-state index < -0.39 is 0 Å². The van der Waals surface area contributed by atoms with E-state index in [2.05, 4.69) is 31.0 Å². The fourth-order valence-electron chi connectivity index (χ4n) is 2.53. The predicted molar refractivity (Wildman–Crippen MR) is 62.6 cm³/mol. The first-order chi connectivity index (χ1) is 6.77. The summed E-state index contributed by atoms with van der Waals surface area (Å²) in [6, 6.07) is 1.50. The number of hydrogen-bond acceptors (Lipinski definition) is 2. The zero-order chi connectivity index (χ0) is 10.4. The van der Waals surface area contributed by atoms with Gasteiger partial charge in [0.15, 0.2) is 0 Å². The van der Waals surface area contributed by atoms with Crippen LogP contribution in [0.3, 0.4) is 0 Å². The molecule has 0 aliphatic carbocycles. The van der Waals surface area contributed by atoms with Crippen LogP contribution in [0.25, 0.3) is 0 Å². The summed E-state index contributed by atoms with van der Waals surface area (Å²) in [7, 11) is 0. The summed E-state index contributed by atoms with van der Waals surface area (Å²) in [6.45, 7) is 10.4. The molecule has 1 N–H and O–H groups in total. The Morgan fingerprint density at radius 2 is 2.14 bits per heavy atom. The summed E-state index contributed by atoms with van der Waals surface area (Å²) < 4.78 is 0. The topological polar surface area (TPSA) is 15.3 Å². The number of hydrogen-bond donors (Lipinski definition) is 1. The van der Waals surface area contributed by atoms with Crippen molar-refractivity contribution in [2.45, 2.75) is 58.5 Å². The van der Waals surface area contributed by atoms with Crippen LogP contribution < -0.4 is 5.32 Å². The largest absolute Gasteiger partial charge is 0.313 e. The van der Waals surface area contributed by atoms with Gasteiger partial charge in [-0.1, -0.05) is 20.3 Å². The molecule has 1 rings (SSSR count). The standard InChI is InChI=1S/C12H26N2/c1-4-12-8-6-7-9-14(12)10-11(3)13-5-2/h11-13H,4-10H2,1-3H3. The Morgan fingerprint density at radius 1 is 1.36 bits per heavy atom. The molecule has 1 fully saturated rings. The molecule has 0 aromatic heterocycles. The van der Waals surface area contributed by atoms with Gasteiger partial charge in [-0.15, -0.1) is 0 Å². The number of likely N-dealkylation sites (tertiary alicyclic amines) is 1. The first-order valence-electron chi connectivity index (χ1n) is 6.25. The van der Waals surface area contributed by atoms with E-state index in [1.165, 1.54) is 38.8 Å². The fourth-order valence-corrected chi connectivity index (χ4v) is 2.53. The third-order valence-electron chi connectivity index (χ3n) is 3.28. The zero-order valence-electron chi connectivity index (χ0n) is 10.1. The fraction of sp³-hybridized carbons (Fsp3) is 1.00. The smallest absolute Gasteiger partial charge is 0.0166 e. The molecule has 1 aliphatic heterocycles. The number of rotatable bonds is 5. The molecule has 0 aromatic carbocycles. The molecular formula is C12H26N2. The third-order valence-corrected chi connectivity index (χ3v) is 3.28. The van der Waals surface area contributed by atoms with Crippen LogP contribution in [0.1, 0.15) is 46.5 Å². The maximum atomic E-state index is 3.50. The van der Waals surface area contributed by atoms with Crippen molar-refractivity contribution in [2.75, 3.05) is 19.6 Å². The molecule has 1 saturated heterocycles. The molecule has 0 radical (unpaired) electrons. The highest BCUT2D eigenvalue weighted by Gasteiger charge is 2.21. The normalized spacial score (nSPS) is 26.4. The summed E-state index contributed by atoms with van der Waals surface area (Å²) in [5.74, 6) is 0. The van der Waals surface area contributed by atoms with Gasteiger partial charge in [0, 0.05) is 18.6 Å². The summed E-state index contributed by atoms with van der Waals surface area (Å²) in [6.07, 6.45) is 5.56. The van der Waals surface area contributed by atoms with E-state index in [-0.39, 0.29) is 0 Å². The molecule has 0 spiro atoms. The molecule has 1 aliphatic rings. The molecule has 0 aromatic rings. The zero-order valence-corrected chi connectivity index (χ0v) is 10.1. The highest BCUT2D eigenvalue weighted by Crippen LogP contribution is 2.19. The van der Waals surface area contributed by atoms with Gasteiger partial charge in [0.25, 0.3) is 0 Å². The number of nitrogens with zero attached hydrogens (tertiary/aromatic N) is 1. The summed E-state index contributed by atoms with van der Waals surface area (Å²) in [5.41, 5.74) is 0. The van der Waals surface area contributed by atoms with E-state index in [0.717, 1.165) is 12.6 Å². The monoisotopic (exact) mass is 198 g/mol. The Bertz CT molecular complexity index is 147. The van der Waals surface area contributed by atoms with Crippen molar-refractivity contribution in [3.8, 4) is 0 Å². The van der Waals surface area contributed by atoms with Crippen molar-refractivity contribution < 1.29 is 0 Å². The average Bonchev–Trinajstić information content (AvgIpc) is 2.19. The van der Waals surface area contributed by atoms with E-state index in [4.69, 9.17) is 0 Å². The lowest BCUT2D eigenvalue weighted by Gasteiger charge is -2.36. The Hall–Kier alpha value is -0.0800. The molecule has 0 bridgehead atoms. The molecule has 84 valence electrons. The molecule has 2 unspecified atom stereocenters. The Balaban J connectivity index is 2.32. The highest BCUT2D eigenvalue weighted by atomic mass is 15.2. The summed E-state index contributed by atoms with van der Waals surface area (Å²) >= 11 is 0. The van der Waals surface area contributed by atoms with Crippen LogP contribution in [0, 0.1) is 0 Å². The van der Waals surface area contributed by atoms with E-state index in [1.54, 1.807) is 0 Å². The molecular weight excluding hydrogens is 172 g/mol. The van der Waals surface area contributed by atoms with Gasteiger partial charge < -0.3 is 5.32 Å². The van der Waals surface area contributed by atoms with Gasteiger partial charge in [0.2, 0.25) is 0 Å². The molecule has 2 heteroatoms. The van der Waals surface area contributed by atoms with Crippen LogP contribution in [0.2, 0.25) is 0 Å². The van der Waals surface area contributed by atoms with E-state index in [9.17, 15) is 0 Å². The summed E-state index contributed by atoms with van der Waals surface area (Å²) in [5, 5.41) is 3.50. The van der Waals surface area contributed by atoms with Crippen LogP contribution in [-0.4, -0.2) is 36.6 Å². The molecule has 14 heavy (non-hydrogen) atoms. The van der Waals surface area contributed by atoms with Crippen molar-refractivity contribution in [3.63, 3.8) is 0 Å². The minimum absolute atomic E-state index is 0.646. The predicted octanol–water partition coefficient (Wildman–Crippen LogP) is 2.25. The number of piperidine rings is 1. The maximum absolute atomic E-state index is 3.50. The summed E-state index contributed by atoms with van der Waals surface area (Å²) in [4.78, 5) is 2.68. The molecule has 0 amide bonds. The Morgan fingerprint density at radius 3 is 2.79 bits per heavy atom. The van der Waals surface area contributed by atoms with Gasteiger partial charge in [0.1, 0.15) is 0 Å². The van der Waals surface area contributed by atoms with Gasteiger partial charge in [-0.3, -0.25) is 4.90 Å². The van der Waals surface area contributed by atoms with Crippen LogP contribution in [0.15, 0.2) is 0 Å². The first kappa shape index (κ1) is 12.0. The molecule has 2 atom stereocenters. The second-order valence-electron chi connectivity index (χ2n) is 4.51. The van der Waals surface area contributed by atoms with Gasteiger partial charge in [0.05, 0.1) is 0 Å². The van der Waals surface area contributed by atoms with E-state index >= 15 is 0 Å². The first-order valence-corrected chi connectivity index (χ1v) is 6.25. The molecule has 1 heterocycles. The lowest BCUT2D eigenvalue weighted by molar-refractivity contribution is 0.132. The minimum atomic E-state index is 0.646. The Labute approximate surface area is 89.1 Å². The van der Waals surface area contributed by atoms with Crippen LogP contribution in [-0.2, 0) is 0 Å². The van der Waals surface area contributed by atoms with E-state index in [1.807, 2.05) is 0 Å². The molecule has 2 nitrogen and oxygen atoms in total. The Kier molecular flexibility index (Phi) is 5.49. The third kappa shape index (κ3) is 3.58. The number of likely N-dealkylation sites (N-methyl/N-ethyl adjacent to an activating group) is 1. The average molecular weight is 198 g/mol. The van der Waals surface area contributed by atoms with Gasteiger partial charge >= 0.3 is 0 Å². The lowest BCUT2D eigenvalue weighted by atomic mass is 9.99. The van der Waals surface area contributed by atoms with Crippen LogP contribution in [0.5, 0.6) is 0 Å². The second-order valence-corrected chi connectivity index (χ2v) is 4.51. The van der Waals surface area contributed by atoms with Crippen molar-refractivity contribution in [2.24, 2.45) is 0 Å². The van der Waals surface area contributed by atoms with Crippen molar-refractivity contribution in [1.82, 2.24) is 10.2 Å². The van der Waals surface area contributed by atoms with Gasteiger partial charge in [-0.2, -0.15) is 0 Å². The van der Waals surface area contributed by atoms with Crippen LogP contribution >= 0.6 is 0 Å². The van der Waals surface area contributed by atoms with E-state index in [0.29, 0.717) is 6.04 Å². The number of nitrogens with one attached hydrogen (secondary N) is 1. The highest BCUT2D eigenvalue weighted by molar-refractivity contribution is 4.78.